The molecule has 1 aromatic heterocycles. The predicted octanol–water partition coefficient (Wildman–Crippen LogP) is 2.63. The smallest absolute Gasteiger partial charge is 0.241 e. The van der Waals surface area contributed by atoms with Crippen molar-refractivity contribution >= 4 is 17.2 Å². The van der Waals surface area contributed by atoms with Gasteiger partial charge in [-0.25, -0.2) is 0 Å². The summed E-state index contributed by atoms with van der Waals surface area (Å²) >= 11 is 1.71. The molecular formula is C16H24N2O2S. The molecule has 5 heteroatoms. The van der Waals surface area contributed by atoms with E-state index in [2.05, 4.69) is 36.7 Å². The first kappa shape index (κ1) is 15.0. The number of nitrogens with zero attached hydrogens (tertiary/aromatic N) is 1. The third-order valence-electron chi connectivity index (χ3n) is 4.39. The fraction of sp³-hybridized carbons (Fsp3) is 0.688. The average Bonchev–Trinajstić information content (AvgIpc) is 3.09. The van der Waals surface area contributed by atoms with Crippen LogP contribution in [0.15, 0.2) is 17.5 Å². The molecule has 3 heterocycles. The van der Waals surface area contributed by atoms with Gasteiger partial charge in [0, 0.05) is 23.9 Å². The van der Waals surface area contributed by atoms with Gasteiger partial charge in [-0.3, -0.25) is 10.1 Å². The van der Waals surface area contributed by atoms with Crippen LogP contribution in [0.2, 0.25) is 0 Å². The number of amides is 1. The van der Waals surface area contributed by atoms with E-state index in [1.54, 1.807) is 11.3 Å². The van der Waals surface area contributed by atoms with Crippen LogP contribution in [0.4, 0.5) is 0 Å². The minimum absolute atomic E-state index is 0.0341. The number of ether oxygens (including phenoxy) is 1. The van der Waals surface area contributed by atoms with Crippen molar-refractivity contribution in [1.82, 2.24) is 10.2 Å². The van der Waals surface area contributed by atoms with Crippen LogP contribution >= 0.6 is 11.3 Å². The second-order valence-electron chi connectivity index (χ2n) is 6.38. The van der Waals surface area contributed by atoms with E-state index in [0.717, 1.165) is 32.6 Å². The third kappa shape index (κ3) is 3.15. The van der Waals surface area contributed by atoms with Crippen molar-refractivity contribution in [3.63, 3.8) is 0 Å². The molecule has 3 atom stereocenters. The molecule has 2 aliphatic heterocycles. The van der Waals surface area contributed by atoms with Gasteiger partial charge < -0.3 is 9.64 Å². The van der Waals surface area contributed by atoms with Crippen LogP contribution in [0, 0.1) is 11.8 Å². The van der Waals surface area contributed by atoms with Crippen molar-refractivity contribution in [3.05, 3.63) is 22.4 Å². The van der Waals surface area contributed by atoms with Crippen molar-refractivity contribution in [1.29, 1.82) is 0 Å². The number of carbonyl (C=O) groups excluding carboxylic acids is 1. The molecule has 0 aromatic carbocycles. The van der Waals surface area contributed by atoms with Gasteiger partial charge in [0.2, 0.25) is 5.91 Å². The zero-order chi connectivity index (χ0) is 14.8. The molecule has 2 saturated heterocycles. The zero-order valence-corrected chi connectivity index (χ0v) is 13.6. The quantitative estimate of drug-likeness (QED) is 0.930. The molecule has 0 radical (unpaired) electrons. The monoisotopic (exact) mass is 308 g/mol. The number of thiophene rings is 1. The van der Waals surface area contributed by atoms with Crippen molar-refractivity contribution in [2.75, 3.05) is 19.8 Å². The predicted molar refractivity (Wildman–Crippen MR) is 84.1 cm³/mol. The Bertz CT molecular complexity index is 469. The van der Waals surface area contributed by atoms with E-state index in [9.17, 15) is 4.79 Å². The zero-order valence-electron chi connectivity index (χ0n) is 12.7. The van der Waals surface area contributed by atoms with E-state index >= 15 is 0 Å². The van der Waals surface area contributed by atoms with Crippen molar-refractivity contribution in [3.8, 4) is 0 Å². The van der Waals surface area contributed by atoms with Gasteiger partial charge in [-0.05, 0) is 30.2 Å². The molecule has 2 aliphatic rings. The van der Waals surface area contributed by atoms with E-state index in [0.29, 0.717) is 11.8 Å². The lowest BCUT2D eigenvalue weighted by Crippen LogP contribution is -2.38. The number of hydrogen-bond donors (Lipinski definition) is 1. The summed E-state index contributed by atoms with van der Waals surface area (Å²) in [6.45, 7) is 6.67. The van der Waals surface area contributed by atoms with Crippen molar-refractivity contribution in [2.45, 2.75) is 38.9 Å². The maximum atomic E-state index is 12.8. The molecule has 1 aromatic rings. The Kier molecular flexibility index (Phi) is 4.62. The maximum Gasteiger partial charge on any atom is 0.241 e. The van der Waals surface area contributed by atoms with Crippen LogP contribution in [0.1, 0.15) is 37.7 Å². The summed E-state index contributed by atoms with van der Waals surface area (Å²) in [5, 5.41) is 5.60. The highest BCUT2D eigenvalue weighted by atomic mass is 32.1. The Balaban J connectivity index is 1.77. The summed E-state index contributed by atoms with van der Waals surface area (Å²) in [4.78, 5) is 16.0. The molecule has 21 heavy (non-hydrogen) atoms. The molecule has 0 aliphatic carbocycles. The van der Waals surface area contributed by atoms with E-state index in [1.807, 2.05) is 4.90 Å². The van der Waals surface area contributed by atoms with E-state index in [-0.39, 0.29) is 18.1 Å². The summed E-state index contributed by atoms with van der Waals surface area (Å²) in [5.41, 5.74) is 0. The molecule has 1 N–H and O–H groups in total. The lowest BCUT2D eigenvalue weighted by atomic mass is 10.0. The number of nitrogens with one attached hydrogen (secondary N) is 1. The summed E-state index contributed by atoms with van der Waals surface area (Å²) in [7, 11) is 0. The lowest BCUT2D eigenvalue weighted by molar-refractivity contribution is -0.132. The van der Waals surface area contributed by atoms with Crippen molar-refractivity contribution < 1.29 is 9.53 Å². The number of hydrogen-bond acceptors (Lipinski definition) is 4. The molecule has 3 rings (SSSR count). The highest BCUT2D eigenvalue weighted by Crippen LogP contribution is 2.32. The van der Waals surface area contributed by atoms with Crippen LogP contribution in [0.3, 0.4) is 0 Å². The fourth-order valence-corrected chi connectivity index (χ4v) is 4.02. The molecule has 0 bridgehead atoms. The first-order valence-electron chi connectivity index (χ1n) is 7.84. The van der Waals surface area contributed by atoms with Gasteiger partial charge >= 0.3 is 0 Å². The van der Waals surface area contributed by atoms with E-state index in [4.69, 9.17) is 4.74 Å². The summed E-state index contributed by atoms with van der Waals surface area (Å²) < 4.78 is 5.57. The maximum absolute atomic E-state index is 12.8. The first-order valence-corrected chi connectivity index (χ1v) is 8.72. The summed E-state index contributed by atoms with van der Waals surface area (Å²) in [6, 6.07) is 4.10. The Labute approximate surface area is 130 Å². The fourth-order valence-electron chi connectivity index (χ4n) is 3.22. The molecule has 3 unspecified atom stereocenters. The highest BCUT2D eigenvalue weighted by molar-refractivity contribution is 7.10. The molecule has 4 nitrogen and oxygen atoms in total. The standard InChI is InChI=1S/C16H24N2O2S/c1-11(2)14-16(19)18(9-12-5-3-7-20-10-12)15(17-14)13-6-4-8-21-13/h4,6,8,11-12,14-15,17H,3,5,7,9-10H2,1-2H3. The second-order valence-corrected chi connectivity index (χ2v) is 7.36. The van der Waals surface area contributed by atoms with Crippen LogP contribution in [-0.2, 0) is 9.53 Å². The molecule has 0 spiro atoms. The molecular weight excluding hydrogens is 284 g/mol. The van der Waals surface area contributed by atoms with Gasteiger partial charge in [0.25, 0.3) is 0 Å². The minimum Gasteiger partial charge on any atom is -0.381 e. The van der Waals surface area contributed by atoms with Gasteiger partial charge in [0.1, 0.15) is 6.17 Å². The van der Waals surface area contributed by atoms with Crippen LogP contribution in [0.5, 0.6) is 0 Å². The Morgan fingerprint density at radius 3 is 3.00 bits per heavy atom. The first-order chi connectivity index (χ1) is 10.2. The van der Waals surface area contributed by atoms with Crippen LogP contribution in [0.25, 0.3) is 0 Å². The Hall–Kier alpha value is -0.910. The molecule has 2 fully saturated rings. The average molecular weight is 308 g/mol. The van der Waals surface area contributed by atoms with E-state index < -0.39 is 0 Å². The van der Waals surface area contributed by atoms with Gasteiger partial charge in [-0.15, -0.1) is 11.3 Å². The summed E-state index contributed by atoms with van der Waals surface area (Å²) in [6.07, 6.45) is 2.30. The lowest BCUT2D eigenvalue weighted by Gasteiger charge is -2.30. The van der Waals surface area contributed by atoms with Crippen molar-refractivity contribution in [2.24, 2.45) is 11.8 Å². The minimum atomic E-state index is -0.0680. The van der Waals surface area contributed by atoms with Gasteiger partial charge in [0.05, 0.1) is 12.6 Å². The Morgan fingerprint density at radius 1 is 1.52 bits per heavy atom. The highest BCUT2D eigenvalue weighted by Gasteiger charge is 2.42. The normalized spacial score (nSPS) is 30.3. The molecule has 116 valence electrons. The van der Waals surface area contributed by atoms with Gasteiger partial charge in [0.15, 0.2) is 0 Å². The van der Waals surface area contributed by atoms with E-state index in [1.165, 1.54) is 4.88 Å². The Morgan fingerprint density at radius 2 is 2.38 bits per heavy atom. The molecule has 1 amide bonds. The van der Waals surface area contributed by atoms with Gasteiger partial charge in [-0.1, -0.05) is 19.9 Å². The van der Waals surface area contributed by atoms with Crippen LogP contribution < -0.4 is 5.32 Å². The largest absolute Gasteiger partial charge is 0.381 e. The molecule has 0 saturated carbocycles. The number of rotatable bonds is 4. The SMILES string of the molecule is CC(C)C1NC(c2cccs2)N(CC2CCCOC2)C1=O. The summed E-state index contributed by atoms with van der Waals surface area (Å²) in [5.74, 6) is 1.03. The number of carbonyl (C=O) groups is 1. The second kappa shape index (κ2) is 6.46. The third-order valence-corrected chi connectivity index (χ3v) is 5.31. The topological polar surface area (TPSA) is 41.6 Å². The van der Waals surface area contributed by atoms with Crippen LogP contribution in [-0.4, -0.2) is 36.6 Å². The van der Waals surface area contributed by atoms with Gasteiger partial charge in [-0.2, -0.15) is 0 Å².